The number of aliphatic imine (C=N–C) groups is 2. The van der Waals surface area contributed by atoms with Gasteiger partial charge in [0, 0.05) is 147 Å². The van der Waals surface area contributed by atoms with Crippen molar-refractivity contribution in [2.24, 2.45) is 21.5 Å². The van der Waals surface area contributed by atoms with E-state index in [-0.39, 0.29) is 39.5 Å². The molecule has 2 amide bonds. The lowest BCUT2D eigenvalue weighted by Gasteiger charge is -2.20. The van der Waals surface area contributed by atoms with Gasteiger partial charge in [-0.25, -0.2) is 9.97 Å². The summed E-state index contributed by atoms with van der Waals surface area (Å²) < 4.78 is 25.8. The van der Waals surface area contributed by atoms with Crippen molar-refractivity contribution in [3.8, 4) is 34.1 Å². The summed E-state index contributed by atoms with van der Waals surface area (Å²) in [7, 11) is 3.40. The summed E-state index contributed by atoms with van der Waals surface area (Å²) in [4.78, 5) is 56.1. The second-order valence-electron chi connectivity index (χ2n) is 18.4. The van der Waals surface area contributed by atoms with Crippen LogP contribution >= 0.6 is 23.2 Å². The number of H-pyrrole nitrogens is 2. The Kier molecular flexibility index (Phi) is 19.4. The normalized spacial score (nSPS) is 12.2. The monoisotopic (exact) mass is 1090 g/mol. The highest BCUT2D eigenvalue weighted by atomic mass is 35.5. The third-order valence-electron chi connectivity index (χ3n) is 12.9. The summed E-state index contributed by atoms with van der Waals surface area (Å²) in [5, 5.41) is 7.24. The molecule has 18 nitrogen and oxygen atoms in total. The van der Waals surface area contributed by atoms with Gasteiger partial charge in [-0.1, -0.05) is 59.6 Å². The molecule has 0 saturated heterocycles. The largest absolute Gasteiger partial charge is 0.488 e. The first-order valence-corrected chi connectivity index (χ1v) is 25.7. The van der Waals surface area contributed by atoms with E-state index < -0.39 is 23.9 Å². The molecule has 0 bridgehead atoms. The van der Waals surface area contributed by atoms with Gasteiger partial charge in [0.2, 0.25) is 11.8 Å². The average molecular weight is 1090 g/mol. The quantitative estimate of drug-likeness (QED) is 0.0266. The van der Waals surface area contributed by atoms with Crippen LogP contribution in [0.3, 0.4) is 0 Å². The highest BCUT2D eigenvalue weighted by Crippen LogP contribution is 2.38. The maximum atomic E-state index is 12.5. The standard InChI is InChI=1S/C58H60Cl2N12O6/c1-35-41(31-77-55-17-53(75-29-39-11-37(19-63-3)21-65-23-39)43(13-49(55)59)25-69-51(57(61)73)15-45-27-67-33-71-45)7-5-9-47(35)48-10-6-8-42(36(48)2)32-78-56-18-54(76-30-40-12-38(20-64-4)22-66-24-40)44(14-50(56)60)26-70-52(58(62)74)16-46-28-68-34-72-46/h5-14,17-24,27-28,33-34,51-52,69-70H,15-16,25-26,29-32H2,1-4H3,(H2,61,73)(H2,62,74)(H,67,71)(H,68,72)/t51-,52-/m0/s1. The topological polar surface area (TPSA) is 255 Å². The summed E-state index contributed by atoms with van der Waals surface area (Å²) in [6.45, 7) is 5.34. The third kappa shape index (κ3) is 14.9. The van der Waals surface area contributed by atoms with Crippen LogP contribution < -0.4 is 41.0 Å². The van der Waals surface area contributed by atoms with E-state index in [0.717, 1.165) is 67.0 Å². The fraction of sp³-hybridized carbons (Fsp3) is 0.241. The van der Waals surface area contributed by atoms with E-state index in [2.05, 4.69) is 76.5 Å². The first-order chi connectivity index (χ1) is 37.8. The summed E-state index contributed by atoms with van der Waals surface area (Å²) in [5.41, 5.74) is 23.8. The van der Waals surface area contributed by atoms with Gasteiger partial charge in [-0.3, -0.25) is 29.5 Å². The van der Waals surface area contributed by atoms with E-state index >= 15 is 0 Å². The van der Waals surface area contributed by atoms with Gasteiger partial charge in [-0.15, -0.1) is 0 Å². The molecule has 4 aromatic heterocycles. The molecule has 20 heteroatoms. The summed E-state index contributed by atoms with van der Waals surface area (Å²) in [6.07, 6.45) is 17.4. The van der Waals surface area contributed by atoms with Crippen LogP contribution in [0.25, 0.3) is 11.1 Å². The fourth-order valence-electron chi connectivity index (χ4n) is 8.67. The van der Waals surface area contributed by atoms with E-state index in [1.165, 1.54) is 0 Å². The summed E-state index contributed by atoms with van der Waals surface area (Å²) in [6, 6.07) is 21.8. The Morgan fingerprint density at radius 1 is 0.564 bits per heavy atom. The van der Waals surface area contributed by atoms with E-state index in [0.29, 0.717) is 57.0 Å². The summed E-state index contributed by atoms with van der Waals surface area (Å²) >= 11 is 13.9. The third-order valence-corrected chi connectivity index (χ3v) is 13.5. The van der Waals surface area contributed by atoms with Crippen molar-refractivity contribution in [3.63, 3.8) is 0 Å². The van der Waals surface area contributed by atoms with Crippen molar-refractivity contribution in [1.82, 2.24) is 40.5 Å². The number of amides is 2. The first-order valence-electron chi connectivity index (χ1n) is 24.9. The molecule has 78 heavy (non-hydrogen) atoms. The van der Waals surface area contributed by atoms with Gasteiger partial charge in [0.25, 0.3) is 0 Å². The van der Waals surface area contributed by atoms with Gasteiger partial charge in [0.1, 0.15) is 49.4 Å². The number of aromatic amines is 2. The van der Waals surface area contributed by atoms with E-state index in [9.17, 15) is 9.59 Å². The van der Waals surface area contributed by atoms with Crippen LogP contribution in [0.4, 0.5) is 0 Å². The number of benzene rings is 4. The van der Waals surface area contributed by atoms with Gasteiger partial charge >= 0.3 is 0 Å². The molecule has 2 atom stereocenters. The van der Waals surface area contributed by atoms with Crippen LogP contribution in [0, 0.1) is 13.8 Å². The Morgan fingerprint density at radius 3 is 1.37 bits per heavy atom. The average Bonchev–Trinajstić information content (AvgIpc) is 4.17. The number of nitrogens with two attached hydrogens (primary N) is 2. The lowest BCUT2D eigenvalue weighted by atomic mass is 9.92. The number of hydrogen-bond acceptors (Lipinski definition) is 14. The van der Waals surface area contributed by atoms with Crippen molar-refractivity contribution in [2.75, 3.05) is 14.1 Å². The minimum atomic E-state index is -0.697. The number of hydrogen-bond donors (Lipinski definition) is 6. The van der Waals surface area contributed by atoms with Crippen LogP contribution in [0.1, 0.15) is 67.0 Å². The second kappa shape index (κ2) is 27.1. The van der Waals surface area contributed by atoms with Gasteiger partial charge in [0.05, 0.1) is 34.8 Å². The Bertz CT molecular complexity index is 3170. The van der Waals surface area contributed by atoms with Crippen molar-refractivity contribution in [2.45, 2.75) is 78.3 Å². The molecule has 0 fully saturated rings. The first kappa shape index (κ1) is 55.8. The number of nitrogens with zero attached hydrogens (tertiary/aromatic N) is 6. The highest BCUT2D eigenvalue weighted by molar-refractivity contribution is 6.32. The van der Waals surface area contributed by atoms with Gasteiger partial charge < -0.3 is 51.0 Å². The second-order valence-corrected chi connectivity index (χ2v) is 19.2. The van der Waals surface area contributed by atoms with E-state index in [1.54, 1.807) is 101 Å². The number of nitrogens with one attached hydrogen (secondary N) is 4. The minimum Gasteiger partial charge on any atom is -0.488 e. The zero-order chi connectivity index (χ0) is 55.0. The Morgan fingerprint density at radius 2 is 0.987 bits per heavy atom. The molecule has 8 aromatic rings. The molecule has 0 spiro atoms. The number of primary amides is 2. The molecule has 0 unspecified atom stereocenters. The van der Waals surface area contributed by atoms with Gasteiger partial charge in [-0.2, -0.15) is 0 Å². The minimum absolute atomic E-state index is 0.189. The zero-order valence-corrected chi connectivity index (χ0v) is 45.1. The van der Waals surface area contributed by atoms with Crippen LogP contribution in [-0.2, 0) is 61.9 Å². The molecule has 4 aromatic carbocycles. The molecular weight excluding hydrogens is 1030 g/mol. The maximum Gasteiger partial charge on any atom is 0.234 e. The Labute approximate surface area is 462 Å². The molecule has 0 aliphatic heterocycles. The molecule has 0 aliphatic carbocycles. The number of carbonyl (C=O) groups excluding carboxylic acids is 2. The lowest BCUT2D eigenvalue weighted by molar-refractivity contribution is -0.120. The predicted octanol–water partition coefficient (Wildman–Crippen LogP) is 8.30. The smallest absolute Gasteiger partial charge is 0.234 e. The molecule has 0 radical (unpaired) electrons. The SMILES string of the molecule is CN=Cc1cncc(COc2cc(OCc3cccc(-c4cccc(COc5cc(OCc6cncc(C=NC)c6)c(CN[C@@H](Cc6cnc[nH]6)C(N)=O)cc5Cl)c4C)c3C)c(Cl)cc2CN[C@@H](Cc2cnc[nH]2)C(N)=O)c1. The van der Waals surface area contributed by atoms with Crippen molar-refractivity contribution < 1.29 is 28.5 Å². The molecule has 402 valence electrons. The van der Waals surface area contributed by atoms with Gasteiger partial charge in [0.15, 0.2) is 0 Å². The molecule has 0 saturated carbocycles. The van der Waals surface area contributed by atoms with Crippen LogP contribution in [0.15, 0.2) is 133 Å². The Balaban J connectivity index is 0.994. The Hall–Kier alpha value is -8.42. The molecule has 0 aliphatic rings. The number of pyridine rings is 2. The molecular formula is C58H60Cl2N12O6. The lowest BCUT2D eigenvalue weighted by Crippen LogP contribution is -2.42. The zero-order valence-electron chi connectivity index (χ0n) is 43.6. The van der Waals surface area contributed by atoms with Gasteiger partial charge in [-0.05, 0) is 71.5 Å². The summed E-state index contributed by atoms with van der Waals surface area (Å²) in [5.74, 6) is 0.787. The molecule has 8 rings (SSSR count). The van der Waals surface area contributed by atoms with Crippen LogP contribution in [0.5, 0.6) is 23.0 Å². The van der Waals surface area contributed by atoms with Crippen molar-refractivity contribution >= 4 is 47.4 Å². The predicted molar refractivity (Wildman–Crippen MR) is 301 cm³/mol. The molecule has 4 heterocycles. The number of ether oxygens (including phenoxy) is 4. The van der Waals surface area contributed by atoms with E-state index in [1.807, 2.05) is 36.4 Å². The number of imidazole rings is 2. The van der Waals surface area contributed by atoms with Crippen molar-refractivity contribution in [3.05, 3.63) is 200 Å². The van der Waals surface area contributed by atoms with Crippen LogP contribution in [0.2, 0.25) is 10.0 Å². The maximum absolute atomic E-state index is 12.5. The number of rotatable bonds is 27. The number of halogens is 2. The van der Waals surface area contributed by atoms with Crippen molar-refractivity contribution in [1.29, 1.82) is 0 Å². The van der Waals surface area contributed by atoms with Crippen LogP contribution in [-0.4, -0.2) is 80.3 Å². The highest BCUT2D eigenvalue weighted by Gasteiger charge is 2.22. The number of aromatic nitrogens is 6. The fourth-order valence-corrected chi connectivity index (χ4v) is 9.15. The molecule has 8 N–H and O–H groups in total. The number of carbonyl (C=O) groups is 2. The van der Waals surface area contributed by atoms with E-state index in [4.69, 9.17) is 53.6 Å².